The van der Waals surface area contributed by atoms with Crippen LogP contribution in [-0.2, 0) is 0 Å². The van der Waals surface area contributed by atoms with E-state index in [1.807, 2.05) is 24.4 Å². The van der Waals surface area contributed by atoms with Crippen molar-refractivity contribution in [1.82, 2.24) is 10.3 Å². The SMILES string of the molecule is c1ccc(-c2cncc(OCC3CCCN3)c2)cc1. The zero-order valence-electron chi connectivity index (χ0n) is 10.9. The van der Waals surface area contributed by atoms with Crippen LogP contribution in [0.3, 0.4) is 0 Å². The Morgan fingerprint density at radius 2 is 2.05 bits per heavy atom. The highest BCUT2D eigenvalue weighted by Crippen LogP contribution is 2.22. The van der Waals surface area contributed by atoms with E-state index in [1.54, 1.807) is 6.20 Å². The number of hydrogen-bond acceptors (Lipinski definition) is 3. The summed E-state index contributed by atoms with van der Waals surface area (Å²) in [6.45, 7) is 1.83. The molecule has 1 saturated heterocycles. The van der Waals surface area contributed by atoms with Gasteiger partial charge in [0.2, 0.25) is 0 Å². The van der Waals surface area contributed by atoms with Gasteiger partial charge in [-0.05, 0) is 31.0 Å². The molecule has 19 heavy (non-hydrogen) atoms. The lowest BCUT2D eigenvalue weighted by atomic mass is 10.1. The second kappa shape index (κ2) is 5.85. The second-order valence-electron chi connectivity index (χ2n) is 4.88. The molecule has 0 aliphatic carbocycles. The van der Waals surface area contributed by atoms with Gasteiger partial charge in [-0.25, -0.2) is 0 Å². The van der Waals surface area contributed by atoms with Gasteiger partial charge in [0.15, 0.2) is 0 Å². The first-order valence-electron chi connectivity index (χ1n) is 6.78. The number of nitrogens with one attached hydrogen (secondary N) is 1. The van der Waals surface area contributed by atoms with Gasteiger partial charge in [0, 0.05) is 17.8 Å². The molecule has 1 N–H and O–H groups in total. The fourth-order valence-electron chi connectivity index (χ4n) is 2.38. The van der Waals surface area contributed by atoms with Crippen LogP contribution < -0.4 is 10.1 Å². The summed E-state index contributed by atoms with van der Waals surface area (Å²) in [6.07, 6.45) is 6.10. The van der Waals surface area contributed by atoms with Gasteiger partial charge < -0.3 is 10.1 Å². The summed E-state index contributed by atoms with van der Waals surface area (Å²) >= 11 is 0. The molecule has 3 nitrogen and oxygen atoms in total. The van der Waals surface area contributed by atoms with Crippen molar-refractivity contribution in [3.8, 4) is 16.9 Å². The van der Waals surface area contributed by atoms with Crippen LogP contribution in [0.1, 0.15) is 12.8 Å². The molecule has 3 heteroatoms. The van der Waals surface area contributed by atoms with Crippen molar-refractivity contribution < 1.29 is 4.74 Å². The van der Waals surface area contributed by atoms with Crippen LogP contribution in [0.5, 0.6) is 5.75 Å². The summed E-state index contributed by atoms with van der Waals surface area (Å²) in [5.41, 5.74) is 2.26. The van der Waals surface area contributed by atoms with Crippen LogP contribution in [0, 0.1) is 0 Å². The zero-order valence-corrected chi connectivity index (χ0v) is 10.9. The summed E-state index contributed by atoms with van der Waals surface area (Å²) in [7, 11) is 0. The van der Waals surface area contributed by atoms with Crippen LogP contribution in [0.2, 0.25) is 0 Å². The maximum absolute atomic E-state index is 5.83. The molecule has 1 aromatic heterocycles. The monoisotopic (exact) mass is 254 g/mol. The van der Waals surface area contributed by atoms with Gasteiger partial charge in [-0.15, -0.1) is 0 Å². The molecule has 1 aliphatic heterocycles. The Morgan fingerprint density at radius 1 is 1.16 bits per heavy atom. The third-order valence-electron chi connectivity index (χ3n) is 3.43. The minimum Gasteiger partial charge on any atom is -0.490 e. The van der Waals surface area contributed by atoms with Crippen LogP contribution in [0.4, 0.5) is 0 Å². The van der Waals surface area contributed by atoms with E-state index in [9.17, 15) is 0 Å². The van der Waals surface area contributed by atoms with E-state index in [0.29, 0.717) is 6.04 Å². The molecule has 1 aliphatic rings. The maximum Gasteiger partial charge on any atom is 0.138 e. The highest BCUT2D eigenvalue weighted by Gasteiger charge is 2.14. The molecule has 1 unspecified atom stereocenters. The molecule has 3 rings (SSSR count). The largest absolute Gasteiger partial charge is 0.490 e. The summed E-state index contributed by atoms with van der Waals surface area (Å²) < 4.78 is 5.83. The molecule has 0 saturated carbocycles. The van der Waals surface area contributed by atoms with E-state index < -0.39 is 0 Å². The number of rotatable bonds is 4. The maximum atomic E-state index is 5.83. The lowest BCUT2D eigenvalue weighted by Gasteiger charge is -2.12. The van der Waals surface area contributed by atoms with E-state index in [1.165, 1.54) is 18.4 Å². The van der Waals surface area contributed by atoms with Crippen molar-refractivity contribution in [2.24, 2.45) is 0 Å². The van der Waals surface area contributed by atoms with Gasteiger partial charge in [0.1, 0.15) is 12.4 Å². The number of hydrogen-bond donors (Lipinski definition) is 1. The smallest absolute Gasteiger partial charge is 0.138 e. The number of ether oxygens (including phenoxy) is 1. The van der Waals surface area contributed by atoms with Crippen LogP contribution in [0.15, 0.2) is 48.8 Å². The minimum atomic E-state index is 0.486. The van der Waals surface area contributed by atoms with Gasteiger partial charge >= 0.3 is 0 Å². The first-order valence-corrected chi connectivity index (χ1v) is 6.78. The minimum absolute atomic E-state index is 0.486. The Hall–Kier alpha value is -1.87. The van der Waals surface area contributed by atoms with Crippen molar-refractivity contribution in [3.63, 3.8) is 0 Å². The van der Waals surface area contributed by atoms with Crippen LogP contribution in [-0.4, -0.2) is 24.2 Å². The number of pyridine rings is 1. The lowest BCUT2D eigenvalue weighted by Crippen LogP contribution is -2.28. The normalized spacial score (nSPS) is 18.4. The third-order valence-corrected chi connectivity index (χ3v) is 3.43. The van der Waals surface area contributed by atoms with E-state index in [0.717, 1.165) is 24.5 Å². The quantitative estimate of drug-likeness (QED) is 0.911. The average molecular weight is 254 g/mol. The van der Waals surface area contributed by atoms with Crippen molar-refractivity contribution in [2.75, 3.05) is 13.2 Å². The van der Waals surface area contributed by atoms with Crippen LogP contribution in [0.25, 0.3) is 11.1 Å². The number of benzene rings is 1. The first kappa shape index (κ1) is 12.2. The second-order valence-corrected chi connectivity index (χ2v) is 4.88. The average Bonchev–Trinajstić information content (AvgIpc) is 3.00. The molecule has 98 valence electrons. The van der Waals surface area contributed by atoms with Crippen molar-refractivity contribution in [1.29, 1.82) is 0 Å². The molecule has 1 atom stereocenters. The summed E-state index contributed by atoms with van der Waals surface area (Å²) in [4.78, 5) is 4.26. The van der Waals surface area contributed by atoms with Crippen molar-refractivity contribution >= 4 is 0 Å². The van der Waals surface area contributed by atoms with Gasteiger partial charge in [-0.1, -0.05) is 30.3 Å². The topological polar surface area (TPSA) is 34.1 Å². The number of aromatic nitrogens is 1. The number of nitrogens with zero attached hydrogens (tertiary/aromatic N) is 1. The highest BCUT2D eigenvalue weighted by atomic mass is 16.5. The molecular weight excluding hydrogens is 236 g/mol. The molecule has 0 amide bonds. The van der Waals surface area contributed by atoms with Gasteiger partial charge in [0.05, 0.1) is 6.20 Å². The predicted molar refractivity (Wildman–Crippen MR) is 76.2 cm³/mol. The lowest BCUT2D eigenvalue weighted by molar-refractivity contribution is 0.276. The Labute approximate surface area is 113 Å². The molecule has 1 aromatic carbocycles. The van der Waals surface area contributed by atoms with Crippen molar-refractivity contribution in [3.05, 3.63) is 48.8 Å². The van der Waals surface area contributed by atoms with E-state index in [4.69, 9.17) is 4.74 Å². The first-order chi connectivity index (χ1) is 9.42. The molecule has 0 bridgehead atoms. The fourth-order valence-corrected chi connectivity index (χ4v) is 2.38. The molecule has 2 aromatic rings. The summed E-state index contributed by atoms with van der Waals surface area (Å²) in [6, 6.07) is 12.8. The van der Waals surface area contributed by atoms with Gasteiger partial charge in [0.25, 0.3) is 0 Å². The van der Waals surface area contributed by atoms with Crippen LogP contribution >= 0.6 is 0 Å². The molecule has 1 fully saturated rings. The zero-order chi connectivity index (χ0) is 12.9. The fraction of sp³-hybridized carbons (Fsp3) is 0.312. The van der Waals surface area contributed by atoms with Gasteiger partial charge in [-0.2, -0.15) is 0 Å². The molecule has 0 spiro atoms. The molecule has 2 heterocycles. The Morgan fingerprint density at radius 3 is 2.84 bits per heavy atom. The predicted octanol–water partition coefficient (Wildman–Crippen LogP) is 2.88. The van der Waals surface area contributed by atoms with E-state index in [2.05, 4.69) is 28.5 Å². The Kier molecular flexibility index (Phi) is 3.75. The summed E-state index contributed by atoms with van der Waals surface area (Å²) in [5, 5.41) is 3.43. The highest BCUT2D eigenvalue weighted by molar-refractivity contribution is 5.63. The standard InChI is InChI=1S/C16H18N2O/c1-2-5-13(6-3-1)14-9-16(11-17-10-14)19-12-15-7-4-8-18-15/h1-3,5-6,9-11,15,18H,4,7-8,12H2. The molecule has 0 radical (unpaired) electrons. The summed E-state index contributed by atoms with van der Waals surface area (Å²) in [5.74, 6) is 0.843. The van der Waals surface area contributed by atoms with E-state index >= 15 is 0 Å². The Bertz CT molecular complexity index is 521. The van der Waals surface area contributed by atoms with Gasteiger partial charge in [-0.3, -0.25) is 4.98 Å². The molecular formula is C16H18N2O. The van der Waals surface area contributed by atoms with Crippen molar-refractivity contribution in [2.45, 2.75) is 18.9 Å². The third kappa shape index (κ3) is 3.12. The van der Waals surface area contributed by atoms with E-state index in [-0.39, 0.29) is 0 Å². The Balaban J connectivity index is 1.69.